The highest BCUT2D eigenvalue weighted by Gasteiger charge is 2.23. The molecule has 0 aromatic heterocycles. The summed E-state index contributed by atoms with van der Waals surface area (Å²) in [5, 5.41) is 3.27. The summed E-state index contributed by atoms with van der Waals surface area (Å²) in [6.45, 7) is 2.20. The maximum Gasteiger partial charge on any atom is 0.120 e. The van der Waals surface area contributed by atoms with Crippen LogP contribution in [-0.4, -0.2) is 19.2 Å². The zero-order chi connectivity index (χ0) is 14.7. The van der Waals surface area contributed by atoms with Crippen molar-refractivity contribution < 1.29 is 4.74 Å². The first-order valence-corrected chi connectivity index (χ1v) is 7.78. The quantitative estimate of drug-likeness (QED) is 0.862. The molecule has 1 aliphatic rings. The largest absolute Gasteiger partial charge is 0.490 e. The summed E-state index contributed by atoms with van der Waals surface area (Å²) in [5.74, 6) is 0.989. The summed E-state index contributed by atoms with van der Waals surface area (Å²) < 4.78 is 5.87. The van der Waals surface area contributed by atoms with Gasteiger partial charge in [-0.25, -0.2) is 0 Å². The first-order chi connectivity index (χ1) is 10.2. The monoisotopic (exact) mass is 281 g/mol. The van der Waals surface area contributed by atoms with Gasteiger partial charge in [0.1, 0.15) is 5.75 Å². The van der Waals surface area contributed by atoms with E-state index < -0.39 is 0 Å². The SMILES string of the molecule is CNC(C)Cc1ccc(-c2cccc(OC3CC3)c2)cc1. The second-order valence-electron chi connectivity index (χ2n) is 5.94. The summed E-state index contributed by atoms with van der Waals surface area (Å²) in [5.41, 5.74) is 3.84. The first kappa shape index (κ1) is 14.2. The molecule has 0 saturated heterocycles. The van der Waals surface area contributed by atoms with Crippen LogP contribution in [0.2, 0.25) is 0 Å². The fraction of sp³-hybridized carbons (Fsp3) is 0.368. The zero-order valence-electron chi connectivity index (χ0n) is 12.8. The first-order valence-electron chi connectivity index (χ1n) is 7.78. The molecule has 2 aromatic carbocycles. The van der Waals surface area contributed by atoms with Crippen LogP contribution in [-0.2, 0) is 6.42 Å². The van der Waals surface area contributed by atoms with Gasteiger partial charge in [-0.05, 0) is 62.1 Å². The van der Waals surface area contributed by atoms with E-state index >= 15 is 0 Å². The molecule has 1 atom stereocenters. The molecule has 110 valence electrons. The minimum atomic E-state index is 0.450. The molecule has 0 aliphatic heterocycles. The molecule has 1 N–H and O–H groups in total. The van der Waals surface area contributed by atoms with Crippen LogP contribution in [0.1, 0.15) is 25.3 Å². The normalized spacial score (nSPS) is 15.7. The summed E-state index contributed by atoms with van der Waals surface area (Å²) in [4.78, 5) is 0. The van der Waals surface area contributed by atoms with Gasteiger partial charge in [0.25, 0.3) is 0 Å². The van der Waals surface area contributed by atoms with Gasteiger partial charge in [-0.2, -0.15) is 0 Å². The Hall–Kier alpha value is -1.80. The summed E-state index contributed by atoms with van der Waals surface area (Å²) in [6, 6.07) is 17.8. The van der Waals surface area contributed by atoms with Crippen molar-refractivity contribution in [3.05, 3.63) is 54.1 Å². The summed E-state index contributed by atoms with van der Waals surface area (Å²) in [7, 11) is 2.00. The Bertz CT molecular complexity index is 587. The summed E-state index contributed by atoms with van der Waals surface area (Å²) in [6.07, 6.45) is 3.90. The topological polar surface area (TPSA) is 21.3 Å². The van der Waals surface area contributed by atoms with Gasteiger partial charge in [0.05, 0.1) is 6.10 Å². The second-order valence-corrected chi connectivity index (χ2v) is 5.94. The van der Waals surface area contributed by atoms with E-state index in [9.17, 15) is 0 Å². The summed E-state index contributed by atoms with van der Waals surface area (Å²) >= 11 is 0. The highest BCUT2D eigenvalue weighted by atomic mass is 16.5. The van der Waals surface area contributed by atoms with Crippen LogP contribution in [0.25, 0.3) is 11.1 Å². The van der Waals surface area contributed by atoms with Gasteiger partial charge in [-0.1, -0.05) is 36.4 Å². The van der Waals surface area contributed by atoms with Crippen molar-refractivity contribution in [2.24, 2.45) is 0 Å². The van der Waals surface area contributed by atoms with Crippen molar-refractivity contribution in [2.75, 3.05) is 7.05 Å². The van der Waals surface area contributed by atoms with E-state index in [4.69, 9.17) is 4.74 Å². The molecule has 2 nitrogen and oxygen atoms in total. The number of benzene rings is 2. The molecule has 1 aliphatic carbocycles. The van der Waals surface area contributed by atoms with Crippen molar-refractivity contribution >= 4 is 0 Å². The smallest absolute Gasteiger partial charge is 0.120 e. The van der Waals surface area contributed by atoms with Crippen LogP contribution in [0, 0.1) is 0 Å². The third-order valence-corrected chi connectivity index (χ3v) is 3.98. The lowest BCUT2D eigenvalue weighted by atomic mass is 10.0. The number of hydrogen-bond donors (Lipinski definition) is 1. The van der Waals surface area contributed by atoms with E-state index in [1.807, 2.05) is 13.1 Å². The van der Waals surface area contributed by atoms with Crippen molar-refractivity contribution in [1.82, 2.24) is 5.32 Å². The number of hydrogen-bond acceptors (Lipinski definition) is 2. The van der Waals surface area contributed by atoms with E-state index in [1.54, 1.807) is 0 Å². The van der Waals surface area contributed by atoms with Crippen LogP contribution in [0.15, 0.2) is 48.5 Å². The molecule has 1 fully saturated rings. The standard InChI is InChI=1S/C19H23NO/c1-14(20-2)12-15-6-8-16(9-7-15)17-4-3-5-19(13-17)21-18-10-11-18/h3-9,13-14,18,20H,10-12H2,1-2H3. The Labute approximate surface area is 127 Å². The third kappa shape index (κ3) is 3.85. The van der Waals surface area contributed by atoms with Gasteiger partial charge in [0, 0.05) is 6.04 Å². The Balaban J connectivity index is 1.73. The fourth-order valence-electron chi connectivity index (χ4n) is 2.42. The maximum atomic E-state index is 5.87. The fourth-order valence-corrected chi connectivity index (χ4v) is 2.42. The molecule has 0 amide bonds. The molecule has 21 heavy (non-hydrogen) atoms. The van der Waals surface area contributed by atoms with Crippen molar-refractivity contribution in [3.8, 4) is 16.9 Å². The predicted molar refractivity (Wildman–Crippen MR) is 87.8 cm³/mol. The second kappa shape index (κ2) is 6.31. The van der Waals surface area contributed by atoms with Gasteiger partial charge in [0.15, 0.2) is 0 Å². The highest BCUT2D eigenvalue weighted by molar-refractivity contribution is 5.65. The lowest BCUT2D eigenvalue weighted by molar-refractivity contribution is 0.303. The number of nitrogens with one attached hydrogen (secondary N) is 1. The van der Waals surface area contributed by atoms with Crippen molar-refractivity contribution in [3.63, 3.8) is 0 Å². The third-order valence-electron chi connectivity index (χ3n) is 3.98. The van der Waals surface area contributed by atoms with Crippen LogP contribution in [0.3, 0.4) is 0 Å². The minimum Gasteiger partial charge on any atom is -0.490 e. The van der Waals surface area contributed by atoms with Crippen LogP contribution in [0.5, 0.6) is 5.75 Å². The Morgan fingerprint density at radius 3 is 2.52 bits per heavy atom. The van der Waals surface area contributed by atoms with Gasteiger partial charge in [0.2, 0.25) is 0 Å². The van der Waals surface area contributed by atoms with Gasteiger partial charge < -0.3 is 10.1 Å². The lowest BCUT2D eigenvalue weighted by Crippen LogP contribution is -2.23. The molecule has 2 aromatic rings. The van der Waals surface area contributed by atoms with E-state index in [1.165, 1.54) is 29.5 Å². The number of ether oxygens (including phenoxy) is 1. The lowest BCUT2D eigenvalue weighted by Gasteiger charge is -2.11. The molecule has 1 saturated carbocycles. The van der Waals surface area contributed by atoms with Gasteiger partial charge in [-0.15, -0.1) is 0 Å². The molecule has 3 rings (SSSR count). The molecule has 0 bridgehead atoms. The van der Waals surface area contributed by atoms with Crippen LogP contribution in [0.4, 0.5) is 0 Å². The van der Waals surface area contributed by atoms with E-state index in [0.29, 0.717) is 12.1 Å². The molecule has 0 spiro atoms. The van der Waals surface area contributed by atoms with Crippen molar-refractivity contribution in [2.45, 2.75) is 38.3 Å². The Kier molecular flexibility index (Phi) is 4.26. The highest BCUT2D eigenvalue weighted by Crippen LogP contribution is 2.30. The van der Waals surface area contributed by atoms with Crippen LogP contribution < -0.4 is 10.1 Å². The average molecular weight is 281 g/mol. The van der Waals surface area contributed by atoms with E-state index in [2.05, 4.69) is 54.7 Å². The van der Waals surface area contributed by atoms with E-state index in [0.717, 1.165) is 12.2 Å². The number of rotatable bonds is 6. The minimum absolute atomic E-state index is 0.450. The Morgan fingerprint density at radius 2 is 1.86 bits per heavy atom. The molecular weight excluding hydrogens is 258 g/mol. The molecule has 2 heteroatoms. The number of likely N-dealkylation sites (N-methyl/N-ethyl adjacent to an activating group) is 1. The molecule has 0 heterocycles. The molecule has 1 unspecified atom stereocenters. The van der Waals surface area contributed by atoms with Crippen molar-refractivity contribution in [1.29, 1.82) is 0 Å². The van der Waals surface area contributed by atoms with Crippen LogP contribution >= 0.6 is 0 Å². The van der Waals surface area contributed by atoms with Gasteiger partial charge in [-0.3, -0.25) is 0 Å². The Morgan fingerprint density at radius 1 is 1.10 bits per heavy atom. The zero-order valence-corrected chi connectivity index (χ0v) is 12.8. The average Bonchev–Trinajstić information content (AvgIpc) is 3.32. The van der Waals surface area contributed by atoms with E-state index in [-0.39, 0.29) is 0 Å². The molecule has 0 radical (unpaired) electrons. The van der Waals surface area contributed by atoms with Gasteiger partial charge >= 0.3 is 0 Å². The maximum absolute atomic E-state index is 5.87. The molecular formula is C19H23NO. The predicted octanol–water partition coefficient (Wildman–Crippen LogP) is 4.05.